The van der Waals surface area contributed by atoms with Crippen LogP contribution in [-0.4, -0.2) is 33.9 Å². The van der Waals surface area contributed by atoms with Crippen molar-refractivity contribution in [2.45, 2.75) is 38.0 Å². The van der Waals surface area contributed by atoms with E-state index in [9.17, 15) is 14.0 Å². The van der Waals surface area contributed by atoms with Gasteiger partial charge in [-0.3, -0.25) is 4.79 Å². The Morgan fingerprint density at radius 3 is 3.00 bits per heavy atom. The van der Waals surface area contributed by atoms with E-state index in [0.717, 1.165) is 11.3 Å². The Hall–Kier alpha value is -1.83. The molecule has 0 bridgehead atoms. The van der Waals surface area contributed by atoms with Gasteiger partial charge < -0.3 is 15.7 Å². The lowest BCUT2D eigenvalue weighted by molar-refractivity contribution is -0.137. The molecule has 1 atom stereocenters. The molecule has 1 heterocycles. The molecule has 2 amide bonds. The van der Waals surface area contributed by atoms with Crippen LogP contribution < -0.4 is 10.6 Å². The highest BCUT2D eigenvalue weighted by molar-refractivity contribution is 7.98. The first-order valence-corrected chi connectivity index (χ1v) is 8.41. The molecule has 3 N–H and O–H groups in total. The number of amides is 2. The number of urea groups is 1. The van der Waals surface area contributed by atoms with Crippen LogP contribution in [0.3, 0.4) is 0 Å². The molecule has 1 aromatic rings. The van der Waals surface area contributed by atoms with Crippen molar-refractivity contribution in [3.05, 3.63) is 36.4 Å². The van der Waals surface area contributed by atoms with Gasteiger partial charge in [-0.05, 0) is 43.2 Å². The van der Waals surface area contributed by atoms with E-state index >= 15 is 0 Å². The molecule has 0 aromatic carbocycles. The minimum Gasteiger partial charge on any atom is -0.481 e. The van der Waals surface area contributed by atoms with Crippen molar-refractivity contribution < 1.29 is 19.1 Å². The minimum atomic E-state index is -0.878. The number of pyridine rings is 1. The van der Waals surface area contributed by atoms with E-state index in [0.29, 0.717) is 18.6 Å². The van der Waals surface area contributed by atoms with Crippen molar-refractivity contribution in [3.8, 4) is 0 Å². The average molecular weight is 341 g/mol. The second kappa shape index (κ2) is 10.8. The largest absolute Gasteiger partial charge is 0.481 e. The van der Waals surface area contributed by atoms with Gasteiger partial charge in [-0.25, -0.2) is 9.78 Å². The van der Waals surface area contributed by atoms with Crippen molar-refractivity contribution in [3.63, 3.8) is 0 Å². The van der Waals surface area contributed by atoms with E-state index in [1.807, 2.05) is 0 Å². The fourth-order valence-corrected chi connectivity index (χ4v) is 2.55. The highest BCUT2D eigenvalue weighted by Crippen LogP contribution is 2.13. The summed E-state index contributed by atoms with van der Waals surface area (Å²) in [7, 11) is 0. The normalized spacial score (nSPS) is 11.7. The van der Waals surface area contributed by atoms with E-state index in [2.05, 4.69) is 15.6 Å². The van der Waals surface area contributed by atoms with E-state index in [1.165, 1.54) is 12.3 Å². The number of hydrogen-bond acceptors (Lipinski definition) is 4. The molecule has 0 spiro atoms. The van der Waals surface area contributed by atoms with Crippen LogP contribution in [-0.2, 0) is 10.5 Å². The Balaban J connectivity index is 2.03. The monoisotopic (exact) mass is 341 g/mol. The summed E-state index contributed by atoms with van der Waals surface area (Å²) in [5, 5.41) is 13.8. The molecule has 6 nitrogen and oxygen atoms in total. The van der Waals surface area contributed by atoms with Gasteiger partial charge in [0.05, 0.1) is 6.54 Å². The third-order valence-electron chi connectivity index (χ3n) is 2.87. The number of rotatable bonds is 10. The first-order valence-electron chi connectivity index (χ1n) is 7.26. The smallest absolute Gasteiger partial charge is 0.315 e. The van der Waals surface area contributed by atoms with Gasteiger partial charge >= 0.3 is 12.0 Å². The SMILES string of the molecule is CC(CCC(=O)O)NC(=O)N[CH]CCSCc1ccnc([18F])c1. The topological polar surface area (TPSA) is 91.3 Å². The van der Waals surface area contributed by atoms with Gasteiger partial charge in [-0.2, -0.15) is 16.2 Å². The van der Waals surface area contributed by atoms with Crippen molar-refractivity contribution in [1.82, 2.24) is 15.6 Å². The van der Waals surface area contributed by atoms with Crippen molar-refractivity contribution >= 4 is 23.8 Å². The summed E-state index contributed by atoms with van der Waals surface area (Å²) in [6, 6.07) is 2.63. The number of hydrogen-bond donors (Lipinski definition) is 3. The molecule has 0 aliphatic heterocycles. The molecule has 23 heavy (non-hydrogen) atoms. The van der Waals surface area contributed by atoms with Crippen LogP contribution in [0.1, 0.15) is 31.7 Å². The lowest BCUT2D eigenvalue weighted by Crippen LogP contribution is -2.39. The lowest BCUT2D eigenvalue weighted by Gasteiger charge is -2.13. The van der Waals surface area contributed by atoms with Crippen molar-refractivity contribution in [1.29, 1.82) is 0 Å². The predicted octanol–water partition coefficient (Wildman–Crippen LogP) is 2.56. The Morgan fingerprint density at radius 2 is 2.30 bits per heavy atom. The Labute approximate surface area is 139 Å². The van der Waals surface area contributed by atoms with E-state index in [-0.39, 0.29) is 18.5 Å². The van der Waals surface area contributed by atoms with Crippen LogP contribution in [0, 0.1) is 12.5 Å². The summed E-state index contributed by atoms with van der Waals surface area (Å²) in [6.45, 7) is 3.41. The molecule has 0 saturated heterocycles. The van der Waals surface area contributed by atoms with Crippen LogP contribution in [0.2, 0.25) is 0 Å². The third kappa shape index (κ3) is 9.72. The molecule has 1 radical (unpaired) electrons. The van der Waals surface area contributed by atoms with Crippen molar-refractivity contribution in [2.24, 2.45) is 0 Å². The molecule has 0 fully saturated rings. The van der Waals surface area contributed by atoms with Crippen molar-refractivity contribution in [2.75, 3.05) is 5.75 Å². The van der Waals surface area contributed by atoms with Crippen LogP contribution in [0.4, 0.5) is 9.18 Å². The summed E-state index contributed by atoms with van der Waals surface area (Å²) in [4.78, 5) is 25.4. The van der Waals surface area contributed by atoms with Crippen LogP contribution in [0.15, 0.2) is 18.3 Å². The average Bonchev–Trinajstić information content (AvgIpc) is 2.48. The fourth-order valence-electron chi connectivity index (χ4n) is 1.71. The number of thioether (sulfide) groups is 1. The molecule has 127 valence electrons. The summed E-state index contributed by atoms with van der Waals surface area (Å²) in [5.74, 6) is 0.117. The first-order chi connectivity index (χ1) is 11.0. The molecule has 1 unspecified atom stereocenters. The number of aliphatic carboxylic acids is 1. The van der Waals surface area contributed by atoms with Crippen LogP contribution >= 0.6 is 11.8 Å². The fraction of sp³-hybridized carbons (Fsp3) is 0.467. The lowest BCUT2D eigenvalue weighted by atomic mass is 10.2. The molecule has 0 saturated carbocycles. The van der Waals surface area contributed by atoms with E-state index < -0.39 is 11.9 Å². The summed E-state index contributed by atoms with van der Waals surface area (Å²) >= 11 is 1.63. The quantitative estimate of drug-likeness (QED) is 0.449. The van der Waals surface area contributed by atoms with Gasteiger partial charge in [0.1, 0.15) is 0 Å². The third-order valence-corrected chi connectivity index (χ3v) is 3.93. The van der Waals surface area contributed by atoms with Gasteiger partial charge in [-0.15, -0.1) is 0 Å². The highest BCUT2D eigenvalue weighted by Gasteiger charge is 2.08. The Morgan fingerprint density at radius 1 is 1.52 bits per heavy atom. The zero-order valence-electron chi connectivity index (χ0n) is 12.9. The summed E-state index contributed by atoms with van der Waals surface area (Å²) < 4.78 is 12.9. The Kier molecular flexibility index (Phi) is 9.04. The number of halogens is 1. The number of carboxylic acid groups (broad SMARTS) is 1. The zero-order valence-corrected chi connectivity index (χ0v) is 13.7. The minimum absolute atomic E-state index is 0.0252. The zero-order chi connectivity index (χ0) is 17.1. The van der Waals surface area contributed by atoms with Crippen LogP contribution in [0.5, 0.6) is 0 Å². The molecule has 0 aliphatic carbocycles. The summed E-state index contributed by atoms with van der Waals surface area (Å²) in [6.07, 6.45) is 2.53. The van der Waals surface area contributed by atoms with Gasteiger partial charge in [0.15, 0.2) is 0 Å². The Bertz CT molecular complexity index is 516. The van der Waals surface area contributed by atoms with Gasteiger partial charge in [0, 0.05) is 24.4 Å². The number of nitrogens with one attached hydrogen (secondary N) is 2. The first kappa shape index (κ1) is 19.2. The van der Waals surface area contributed by atoms with Crippen LogP contribution in [0.25, 0.3) is 0 Å². The number of carbonyl (C=O) groups excluding carboxylic acids is 1. The molecule has 8 heteroatoms. The number of aromatic nitrogens is 1. The van der Waals surface area contributed by atoms with Gasteiger partial charge in [0.25, 0.3) is 0 Å². The van der Waals surface area contributed by atoms with Gasteiger partial charge in [0.2, 0.25) is 5.95 Å². The standard InChI is InChI=1S/C15H21FN3O3S/c1-11(3-4-14(20)21)19-15(22)18-6-2-8-23-10-12-5-7-17-13(16)9-12/h5-7,9,11H,2-4,8,10H2,1H3,(H,20,21)(H2,18,19,22)/i16-1. The number of nitrogens with zero attached hydrogens (tertiary/aromatic N) is 1. The number of carboxylic acids is 1. The van der Waals surface area contributed by atoms with Gasteiger partial charge in [-0.1, -0.05) is 0 Å². The predicted molar refractivity (Wildman–Crippen MR) is 87.3 cm³/mol. The molecule has 1 rings (SSSR count). The molecular formula is C15H21FN3O3S. The highest BCUT2D eigenvalue weighted by atomic mass is 32.2. The molecular weight excluding hydrogens is 320 g/mol. The second-order valence-electron chi connectivity index (χ2n) is 4.98. The van der Waals surface area contributed by atoms with E-state index in [1.54, 1.807) is 31.3 Å². The number of carbonyl (C=O) groups is 2. The maximum Gasteiger partial charge on any atom is 0.315 e. The maximum atomic E-state index is 12.9. The second-order valence-corrected chi connectivity index (χ2v) is 6.09. The summed E-state index contributed by atoms with van der Waals surface area (Å²) in [5.41, 5.74) is 0.875. The maximum absolute atomic E-state index is 12.9. The molecule has 1 aromatic heterocycles. The molecule has 0 aliphatic rings. The van der Waals surface area contributed by atoms with E-state index in [4.69, 9.17) is 5.11 Å².